The third-order valence-corrected chi connectivity index (χ3v) is 10.6. The molecule has 0 aliphatic heterocycles. The van der Waals surface area contributed by atoms with Crippen molar-refractivity contribution in [1.29, 1.82) is 0 Å². The van der Waals surface area contributed by atoms with Gasteiger partial charge in [-0.15, -0.1) is 0 Å². The van der Waals surface area contributed by atoms with E-state index in [1.54, 1.807) is 0 Å². The fraction of sp³-hybridized carbons (Fsp3) is 0.960. The van der Waals surface area contributed by atoms with Crippen LogP contribution in [0, 0.1) is 46.3 Å². The summed E-state index contributed by atoms with van der Waals surface area (Å²) in [6.07, 6.45) is 7.69. The van der Waals surface area contributed by atoms with Gasteiger partial charge in [0.15, 0.2) is 0 Å². The van der Waals surface area contributed by atoms with Gasteiger partial charge in [-0.25, -0.2) is 0 Å². The number of fused-ring (bicyclic) bond motifs is 5. The minimum atomic E-state index is -0.338. The van der Waals surface area contributed by atoms with E-state index in [0.29, 0.717) is 36.0 Å². The molecular weight excluding hydrogens is 378 g/mol. The molecule has 0 amide bonds. The van der Waals surface area contributed by atoms with Crippen LogP contribution in [0.1, 0.15) is 78.6 Å². The van der Waals surface area contributed by atoms with E-state index in [-0.39, 0.29) is 41.0 Å². The zero-order valence-corrected chi connectivity index (χ0v) is 19.3. The summed E-state index contributed by atoms with van der Waals surface area (Å²) in [4.78, 5) is 11.7. The van der Waals surface area contributed by atoms with Gasteiger partial charge in [0.25, 0.3) is 0 Å². The molecule has 0 radical (unpaired) electrons. The maximum atomic E-state index is 11.7. The van der Waals surface area contributed by atoms with E-state index < -0.39 is 0 Å². The monoisotopic (exact) mass is 421 g/mol. The maximum absolute atomic E-state index is 11.7. The van der Waals surface area contributed by atoms with Crippen LogP contribution in [0.15, 0.2) is 0 Å². The zero-order chi connectivity index (χ0) is 21.8. The minimum absolute atomic E-state index is 0.150. The number of rotatable bonds is 4. The first-order valence-electron chi connectivity index (χ1n) is 12.3. The second-order valence-electron chi connectivity index (χ2n) is 11.7. The topological polar surface area (TPSA) is 92.8 Å². The van der Waals surface area contributed by atoms with E-state index in [4.69, 9.17) is 10.5 Å². The van der Waals surface area contributed by atoms with Gasteiger partial charge >= 0.3 is 5.97 Å². The minimum Gasteiger partial charge on any atom is -0.469 e. The highest BCUT2D eigenvalue weighted by Gasteiger charge is 2.65. The normalized spacial score (nSPS) is 51.4. The zero-order valence-electron chi connectivity index (χ0n) is 19.3. The lowest BCUT2D eigenvalue weighted by Gasteiger charge is -2.63. The molecule has 11 atom stereocenters. The highest BCUT2D eigenvalue weighted by atomic mass is 16.5. The molecule has 0 aromatic heterocycles. The molecule has 172 valence electrons. The summed E-state index contributed by atoms with van der Waals surface area (Å²) in [6, 6.07) is 0.261. The van der Waals surface area contributed by atoms with Crippen LogP contribution in [-0.2, 0) is 9.53 Å². The van der Waals surface area contributed by atoms with E-state index in [9.17, 15) is 15.0 Å². The molecule has 5 nitrogen and oxygen atoms in total. The summed E-state index contributed by atoms with van der Waals surface area (Å²) >= 11 is 0. The molecule has 0 spiro atoms. The van der Waals surface area contributed by atoms with Crippen molar-refractivity contribution in [2.24, 2.45) is 52.1 Å². The lowest BCUT2D eigenvalue weighted by atomic mass is 9.43. The van der Waals surface area contributed by atoms with Crippen molar-refractivity contribution in [3.05, 3.63) is 0 Å². The smallest absolute Gasteiger partial charge is 0.305 e. The third kappa shape index (κ3) is 3.34. The van der Waals surface area contributed by atoms with Gasteiger partial charge in [0.2, 0.25) is 0 Å². The molecule has 5 heteroatoms. The van der Waals surface area contributed by atoms with Crippen molar-refractivity contribution < 1.29 is 19.7 Å². The van der Waals surface area contributed by atoms with Crippen molar-refractivity contribution in [3.8, 4) is 0 Å². The molecule has 0 heterocycles. The molecule has 30 heavy (non-hydrogen) atoms. The summed E-state index contributed by atoms with van der Waals surface area (Å²) in [7, 11) is 1.45. The van der Waals surface area contributed by atoms with Crippen molar-refractivity contribution in [2.75, 3.05) is 7.11 Å². The van der Waals surface area contributed by atoms with E-state index in [2.05, 4.69) is 20.8 Å². The van der Waals surface area contributed by atoms with E-state index >= 15 is 0 Å². The summed E-state index contributed by atoms with van der Waals surface area (Å²) in [5, 5.41) is 22.9. The molecule has 4 aliphatic rings. The van der Waals surface area contributed by atoms with Crippen LogP contribution in [0.5, 0.6) is 0 Å². The van der Waals surface area contributed by atoms with E-state index in [0.717, 1.165) is 51.4 Å². The highest BCUT2D eigenvalue weighted by Crippen LogP contribution is 2.68. The number of ether oxygens (including phenoxy) is 1. The Hall–Kier alpha value is -0.650. The number of esters is 1. The van der Waals surface area contributed by atoms with Gasteiger partial charge in [-0.2, -0.15) is 0 Å². The Morgan fingerprint density at radius 1 is 1.13 bits per heavy atom. The third-order valence-electron chi connectivity index (χ3n) is 10.6. The number of hydrogen-bond acceptors (Lipinski definition) is 5. The lowest BCUT2D eigenvalue weighted by molar-refractivity contribution is -0.202. The molecule has 4 rings (SSSR count). The Balaban J connectivity index is 1.58. The number of carbonyl (C=O) groups excluding carboxylic acids is 1. The molecule has 0 bridgehead atoms. The standard InChI is InChI=1S/C25H43NO4/c1-14(5-8-22(29)30-4)17-6-7-18-23-19(13-21(28)25(17,18)3)24(2)10-9-16(26)11-15(24)12-20(23)27/h14-21,23,27-28H,5-13,26H2,1-4H3/t14-,15+,16-,17-,18+,19+,20-,21+,23+,24+,25-/m1/s1. The summed E-state index contributed by atoms with van der Waals surface area (Å²) in [5.74, 6) is 2.11. The van der Waals surface area contributed by atoms with Crippen LogP contribution in [0.25, 0.3) is 0 Å². The van der Waals surface area contributed by atoms with Gasteiger partial charge in [0.1, 0.15) is 0 Å². The Morgan fingerprint density at radius 3 is 2.57 bits per heavy atom. The van der Waals surface area contributed by atoms with Crippen LogP contribution in [0.2, 0.25) is 0 Å². The van der Waals surface area contributed by atoms with Crippen LogP contribution in [-0.4, -0.2) is 41.5 Å². The number of carbonyl (C=O) groups is 1. The summed E-state index contributed by atoms with van der Waals surface area (Å²) < 4.78 is 4.84. The van der Waals surface area contributed by atoms with Gasteiger partial charge in [-0.05, 0) is 97.7 Å². The van der Waals surface area contributed by atoms with Gasteiger partial charge in [0.05, 0.1) is 19.3 Å². The van der Waals surface area contributed by atoms with Crippen LogP contribution in [0.3, 0.4) is 0 Å². The molecule has 4 N–H and O–H groups in total. The predicted molar refractivity (Wildman–Crippen MR) is 116 cm³/mol. The number of hydrogen-bond donors (Lipinski definition) is 3. The Bertz CT molecular complexity index is 655. The van der Waals surface area contributed by atoms with Crippen LogP contribution < -0.4 is 5.73 Å². The average Bonchev–Trinajstić information content (AvgIpc) is 3.06. The molecule has 4 fully saturated rings. The number of aliphatic hydroxyl groups is 2. The molecule has 4 saturated carbocycles. The second-order valence-corrected chi connectivity index (χ2v) is 11.7. The van der Waals surface area contributed by atoms with E-state index in [1.807, 2.05) is 0 Å². The van der Waals surface area contributed by atoms with Gasteiger partial charge in [-0.3, -0.25) is 4.79 Å². The van der Waals surface area contributed by atoms with Gasteiger partial charge in [-0.1, -0.05) is 20.8 Å². The summed E-state index contributed by atoms with van der Waals surface area (Å²) in [6.45, 7) is 6.94. The largest absolute Gasteiger partial charge is 0.469 e. The van der Waals surface area contributed by atoms with Crippen LogP contribution in [0.4, 0.5) is 0 Å². The van der Waals surface area contributed by atoms with Gasteiger partial charge in [0, 0.05) is 12.5 Å². The van der Waals surface area contributed by atoms with Gasteiger partial charge < -0.3 is 20.7 Å². The first kappa shape index (κ1) is 22.5. The maximum Gasteiger partial charge on any atom is 0.305 e. The molecule has 0 unspecified atom stereocenters. The van der Waals surface area contributed by atoms with Crippen molar-refractivity contribution in [1.82, 2.24) is 0 Å². The quantitative estimate of drug-likeness (QED) is 0.604. The molecule has 0 aromatic rings. The SMILES string of the molecule is COC(=O)CC[C@@H](C)[C@H]1CC[C@H]2[C@@H]3[C@H](O)C[C@@H]4C[C@H](N)CC[C@]4(C)[C@H]3C[C@H](O)[C@]12C. The highest BCUT2D eigenvalue weighted by molar-refractivity contribution is 5.69. The molecular formula is C25H43NO4. The fourth-order valence-corrected chi connectivity index (χ4v) is 8.84. The molecule has 4 aliphatic carbocycles. The Morgan fingerprint density at radius 2 is 1.87 bits per heavy atom. The molecule has 0 saturated heterocycles. The average molecular weight is 422 g/mol. The van der Waals surface area contributed by atoms with Crippen molar-refractivity contribution >= 4 is 5.97 Å². The van der Waals surface area contributed by atoms with E-state index in [1.165, 1.54) is 7.11 Å². The fourth-order valence-electron chi connectivity index (χ4n) is 8.84. The second kappa shape index (κ2) is 8.04. The first-order valence-corrected chi connectivity index (χ1v) is 12.3. The number of aliphatic hydroxyl groups excluding tert-OH is 2. The summed E-state index contributed by atoms with van der Waals surface area (Å²) in [5.41, 5.74) is 6.31. The molecule has 0 aromatic carbocycles. The lowest BCUT2D eigenvalue weighted by Crippen LogP contribution is -2.62. The predicted octanol–water partition coefficient (Wildman–Crippen LogP) is 3.50. The Kier molecular flexibility index (Phi) is 6.04. The number of nitrogens with two attached hydrogens (primary N) is 1. The van der Waals surface area contributed by atoms with Crippen molar-refractivity contribution in [2.45, 2.75) is 96.8 Å². The number of methoxy groups -OCH3 is 1. The van der Waals surface area contributed by atoms with Crippen molar-refractivity contribution in [3.63, 3.8) is 0 Å². The Labute approximate surface area is 182 Å². The first-order chi connectivity index (χ1) is 14.1. The van der Waals surface area contributed by atoms with Crippen LogP contribution >= 0.6 is 0 Å².